The summed E-state index contributed by atoms with van der Waals surface area (Å²) in [7, 11) is -4.01. The van der Waals surface area contributed by atoms with Gasteiger partial charge in [-0.1, -0.05) is 6.07 Å². The standard InChI is InChI=1S/C10H8N2O4S/c11-17(15,16)8-5-7(10(13)14)4-6-2-1-3-12-9(6)8/h1-5H,(H,13,14)(H2,11,15,16). The van der Waals surface area contributed by atoms with Crippen LogP contribution in [0.5, 0.6) is 0 Å². The highest BCUT2D eigenvalue weighted by atomic mass is 32.2. The maximum atomic E-state index is 11.4. The molecule has 0 saturated carbocycles. The average Bonchev–Trinajstić information content (AvgIpc) is 2.26. The Kier molecular flexibility index (Phi) is 2.56. The monoisotopic (exact) mass is 252 g/mol. The highest BCUT2D eigenvalue weighted by molar-refractivity contribution is 7.89. The molecule has 0 amide bonds. The molecule has 0 atom stereocenters. The fourth-order valence-electron chi connectivity index (χ4n) is 1.50. The third-order valence-corrected chi connectivity index (χ3v) is 3.15. The minimum atomic E-state index is -4.01. The van der Waals surface area contributed by atoms with Gasteiger partial charge in [0.15, 0.2) is 0 Å². The predicted molar refractivity (Wildman–Crippen MR) is 60.1 cm³/mol. The second-order valence-electron chi connectivity index (χ2n) is 3.40. The van der Waals surface area contributed by atoms with Crippen molar-refractivity contribution in [2.24, 2.45) is 5.14 Å². The molecule has 0 bridgehead atoms. The summed E-state index contributed by atoms with van der Waals surface area (Å²) in [5.41, 5.74) is 0.0227. The van der Waals surface area contributed by atoms with Crippen molar-refractivity contribution in [3.05, 3.63) is 36.0 Å². The lowest BCUT2D eigenvalue weighted by atomic mass is 10.1. The number of rotatable bonds is 2. The van der Waals surface area contributed by atoms with Crippen molar-refractivity contribution in [1.82, 2.24) is 4.98 Å². The van der Waals surface area contributed by atoms with Crippen molar-refractivity contribution < 1.29 is 18.3 Å². The zero-order chi connectivity index (χ0) is 12.6. The van der Waals surface area contributed by atoms with Gasteiger partial charge in [-0.2, -0.15) is 0 Å². The largest absolute Gasteiger partial charge is 0.478 e. The number of fused-ring (bicyclic) bond motifs is 1. The van der Waals surface area contributed by atoms with Gasteiger partial charge in [0.05, 0.1) is 11.1 Å². The Hall–Kier alpha value is -1.99. The highest BCUT2D eigenvalue weighted by Crippen LogP contribution is 2.22. The van der Waals surface area contributed by atoms with E-state index in [9.17, 15) is 13.2 Å². The molecular weight excluding hydrogens is 244 g/mol. The number of aromatic carboxylic acids is 1. The Bertz CT molecular complexity index is 709. The quantitative estimate of drug-likeness (QED) is 0.812. The molecule has 0 aliphatic rings. The fraction of sp³-hybridized carbons (Fsp3) is 0. The first kappa shape index (κ1) is 11.5. The van der Waals surface area contributed by atoms with Crippen LogP contribution in [-0.2, 0) is 10.0 Å². The summed E-state index contributed by atoms with van der Waals surface area (Å²) < 4.78 is 22.7. The lowest BCUT2D eigenvalue weighted by molar-refractivity contribution is 0.0697. The molecule has 7 heteroatoms. The Morgan fingerprint density at radius 3 is 2.65 bits per heavy atom. The van der Waals surface area contributed by atoms with E-state index in [0.717, 1.165) is 6.07 Å². The number of benzene rings is 1. The van der Waals surface area contributed by atoms with Crippen molar-refractivity contribution >= 4 is 26.9 Å². The van der Waals surface area contributed by atoms with E-state index in [1.165, 1.54) is 12.3 Å². The number of hydrogen-bond acceptors (Lipinski definition) is 4. The molecule has 1 heterocycles. The summed E-state index contributed by atoms with van der Waals surface area (Å²) in [6.07, 6.45) is 1.41. The van der Waals surface area contributed by atoms with Gasteiger partial charge in [-0.3, -0.25) is 4.98 Å². The third kappa shape index (κ3) is 2.10. The summed E-state index contributed by atoms with van der Waals surface area (Å²) in [5, 5.41) is 14.3. The molecule has 0 aliphatic carbocycles. The van der Waals surface area contributed by atoms with E-state index in [1.807, 2.05) is 0 Å². The predicted octanol–water partition coefficient (Wildman–Crippen LogP) is 0.580. The second-order valence-corrected chi connectivity index (χ2v) is 4.93. The average molecular weight is 252 g/mol. The van der Waals surface area contributed by atoms with Crippen LogP contribution in [0.25, 0.3) is 10.9 Å². The fourth-order valence-corrected chi connectivity index (χ4v) is 2.23. The number of carboxylic acid groups (broad SMARTS) is 1. The molecule has 88 valence electrons. The van der Waals surface area contributed by atoms with Crippen molar-refractivity contribution in [3.63, 3.8) is 0 Å². The molecule has 1 aromatic carbocycles. The van der Waals surface area contributed by atoms with E-state index < -0.39 is 16.0 Å². The molecule has 6 nitrogen and oxygen atoms in total. The number of sulfonamides is 1. The minimum Gasteiger partial charge on any atom is -0.478 e. The highest BCUT2D eigenvalue weighted by Gasteiger charge is 2.17. The van der Waals surface area contributed by atoms with Gasteiger partial charge in [-0.05, 0) is 18.2 Å². The van der Waals surface area contributed by atoms with Gasteiger partial charge < -0.3 is 5.11 Å². The van der Waals surface area contributed by atoms with Crippen LogP contribution in [0.1, 0.15) is 10.4 Å². The van der Waals surface area contributed by atoms with Crippen LogP contribution in [0.3, 0.4) is 0 Å². The number of carboxylic acids is 1. The Balaban J connectivity index is 2.93. The zero-order valence-electron chi connectivity index (χ0n) is 8.49. The van der Waals surface area contributed by atoms with Crippen LogP contribution >= 0.6 is 0 Å². The molecule has 0 radical (unpaired) electrons. The van der Waals surface area contributed by atoms with E-state index in [2.05, 4.69) is 4.98 Å². The van der Waals surface area contributed by atoms with E-state index in [1.54, 1.807) is 12.1 Å². The normalized spacial score (nSPS) is 11.6. The number of carbonyl (C=O) groups is 1. The van der Waals surface area contributed by atoms with E-state index in [4.69, 9.17) is 10.2 Å². The molecule has 0 spiro atoms. The van der Waals surface area contributed by atoms with E-state index in [-0.39, 0.29) is 16.0 Å². The first-order chi connectivity index (χ1) is 7.89. The lowest BCUT2D eigenvalue weighted by Crippen LogP contribution is -2.14. The van der Waals surface area contributed by atoms with Gasteiger partial charge >= 0.3 is 5.97 Å². The molecule has 0 aliphatic heterocycles. The zero-order valence-corrected chi connectivity index (χ0v) is 9.31. The van der Waals surface area contributed by atoms with Gasteiger partial charge in [0.25, 0.3) is 0 Å². The summed E-state index contributed by atoms with van der Waals surface area (Å²) in [6, 6.07) is 5.51. The maximum Gasteiger partial charge on any atom is 0.335 e. The van der Waals surface area contributed by atoms with Gasteiger partial charge in [0.1, 0.15) is 4.90 Å². The smallest absolute Gasteiger partial charge is 0.335 e. The van der Waals surface area contributed by atoms with Crippen LogP contribution < -0.4 is 5.14 Å². The molecule has 0 unspecified atom stereocenters. The van der Waals surface area contributed by atoms with Gasteiger partial charge in [0, 0.05) is 11.6 Å². The van der Waals surface area contributed by atoms with Crippen molar-refractivity contribution in [3.8, 4) is 0 Å². The summed E-state index contributed by atoms with van der Waals surface area (Å²) >= 11 is 0. The molecule has 0 saturated heterocycles. The molecule has 2 rings (SSSR count). The minimum absolute atomic E-state index is 0.144. The van der Waals surface area contributed by atoms with Crippen LogP contribution in [0.15, 0.2) is 35.4 Å². The molecule has 0 fully saturated rings. The molecule has 17 heavy (non-hydrogen) atoms. The van der Waals surface area contributed by atoms with Crippen molar-refractivity contribution in [1.29, 1.82) is 0 Å². The molecule has 2 aromatic rings. The summed E-state index contributed by atoms with van der Waals surface area (Å²) in [4.78, 5) is 14.5. The Labute approximate surface area is 96.8 Å². The second kappa shape index (κ2) is 3.79. The Morgan fingerprint density at radius 1 is 1.35 bits per heavy atom. The molecular formula is C10H8N2O4S. The van der Waals surface area contributed by atoms with Crippen LogP contribution in [0, 0.1) is 0 Å². The van der Waals surface area contributed by atoms with Gasteiger partial charge in [-0.15, -0.1) is 0 Å². The lowest BCUT2D eigenvalue weighted by Gasteiger charge is -2.05. The third-order valence-electron chi connectivity index (χ3n) is 2.22. The maximum absolute atomic E-state index is 11.4. The van der Waals surface area contributed by atoms with Crippen LogP contribution in [-0.4, -0.2) is 24.5 Å². The first-order valence-corrected chi connectivity index (χ1v) is 6.09. The number of nitrogens with two attached hydrogens (primary N) is 1. The summed E-state index contributed by atoms with van der Waals surface area (Å²) in [6.45, 7) is 0. The SMILES string of the molecule is NS(=O)(=O)c1cc(C(=O)O)cc2cccnc12. The first-order valence-electron chi connectivity index (χ1n) is 4.54. The van der Waals surface area contributed by atoms with Crippen molar-refractivity contribution in [2.45, 2.75) is 4.90 Å². The molecule has 3 N–H and O–H groups in total. The van der Waals surface area contributed by atoms with Gasteiger partial charge in [-0.25, -0.2) is 18.4 Å². The summed E-state index contributed by atoms with van der Waals surface area (Å²) in [5.74, 6) is -1.22. The molecule has 1 aromatic heterocycles. The number of nitrogens with zero attached hydrogens (tertiary/aromatic N) is 1. The topological polar surface area (TPSA) is 110 Å². The van der Waals surface area contributed by atoms with Gasteiger partial charge in [0.2, 0.25) is 10.0 Å². The number of primary sulfonamides is 1. The van der Waals surface area contributed by atoms with Crippen molar-refractivity contribution in [2.75, 3.05) is 0 Å². The van der Waals surface area contributed by atoms with Crippen LogP contribution in [0.2, 0.25) is 0 Å². The number of aromatic nitrogens is 1. The van der Waals surface area contributed by atoms with E-state index in [0.29, 0.717) is 5.39 Å². The van der Waals surface area contributed by atoms with E-state index >= 15 is 0 Å². The number of hydrogen-bond donors (Lipinski definition) is 2. The number of pyridine rings is 1. The Morgan fingerprint density at radius 2 is 2.06 bits per heavy atom. The van der Waals surface area contributed by atoms with Crippen LogP contribution in [0.4, 0.5) is 0 Å².